The lowest BCUT2D eigenvalue weighted by Gasteiger charge is -2.48. The Bertz CT molecular complexity index is 847. The Labute approximate surface area is 167 Å². The van der Waals surface area contributed by atoms with Gasteiger partial charge in [0.1, 0.15) is 18.0 Å². The van der Waals surface area contributed by atoms with Crippen LogP contribution in [0.4, 0.5) is 5.69 Å². The molecule has 0 bridgehead atoms. The van der Waals surface area contributed by atoms with Crippen molar-refractivity contribution in [1.29, 1.82) is 0 Å². The Morgan fingerprint density at radius 1 is 1.18 bits per heavy atom. The molecule has 0 saturated heterocycles. The summed E-state index contributed by atoms with van der Waals surface area (Å²) in [5, 5.41) is 3.63. The highest BCUT2D eigenvalue weighted by atomic mass is 16.5. The summed E-state index contributed by atoms with van der Waals surface area (Å²) < 4.78 is 11.0. The molecule has 28 heavy (non-hydrogen) atoms. The summed E-state index contributed by atoms with van der Waals surface area (Å²) in [6, 6.07) is 15.6. The molecule has 0 fully saturated rings. The fraction of sp³-hybridized carbons (Fsp3) is 0.348. The number of hydrogen-bond donors (Lipinski definition) is 1. The van der Waals surface area contributed by atoms with Crippen molar-refractivity contribution in [2.75, 3.05) is 32.2 Å². The van der Waals surface area contributed by atoms with Crippen LogP contribution in [0.25, 0.3) is 0 Å². The van der Waals surface area contributed by atoms with E-state index in [2.05, 4.69) is 18.8 Å². The Hall–Kier alpha value is -2.79. The maximum absolute atomic E-state index is 13.3. The minimum absolute atomic E-state index is 0.0101. The molecule has 1 heterocycles. The van der Waals surface area contributed by atoms with Crippen molar-refractivity contribution in [1.82, 2.24) is 4.90 Å². The van der Waals surface area contributed by atoms with Gasteiger partial charge >= 0.3 is 0 Å². The topological polar surface area (TPSA) is 50.8 Å². The zero-order valence-corrected chi connectivity index (χ0v) is 16.8. The van der Waals surface area contributed by atoms with Crippen LogP contribution >= 0.6 is 0 Å². The maximum Gasteiger partial charge on any atom is 0.258 e. The smallest absolute Gasteiger partial charge is 0.258 e. The number of nitrogens with zero attached hydrogens (tertiary/aromatic N) is 1. The molecule has 0 aliphatic carbocycles. The van der Waals surface area contributed by atoms with Gasteiger partial charge in [-0.25, -0.2) is 0 Å². The standard InChI is InChI=1S/C23H28N2O3/c1-5-23(18-10-12-19(13-11-18)28-16-17(2)3)24-21-9-7-6-8-20(21)22(26)25(23)14-15-27-4/h6-13,24H,2,5,14-16H2,1,3-4H3. The lowest BCUT2D eigenvalue weighted by molar-refractivity contribution is 0.0381. The first-order chi connectivity index (χ1) is 13.5. The second kappa shape index (κ2) is 8.48. The van der Waals surface area contributed by atoms with Crippen LogP contribution in [0.2, 0.25) is 0 Å². The molecule has 1 N–H and O–H groups in total. The number of benzene rings is 2. The molecule has 0 spiro atoms. The zero-order chi connectivity index (χ0) is 20.1. The number of methoxy groups -OCH3 is 1. The molecule has 3 rings (SSSR count). The van der Waals surface area contributed by atoms with Crippen LogP contribution in [0.15, 0.2) is 60.7 Å². The molecule has 5 heteroatoms. The van der Waals surface area contributed by atoms with Crippen molar-refractivity contribution in [2.24, 2.45) is 0 Å². The van der Waals surface area contributed by atoms with Crippen LogP contribution in [0.3, 0.4) is 0 Å². The number of para-hydroxylation sites is 1. The predicted octanol–water partition coefficient (Wildman–Crippen LogP) is 4.42. The normalized spacial score (nSPS) is 18.4. The molecule has 1 unspecified atom stereocenters. The van der Waals surface area contributed by atoms with Gasteiger partial charge in [-0.05, 0) is 48.7 Å². The van der Waals surface area contributed by atoms with Crippen LogP contribution < -0.4 is 10.1 Å². The lowest BCUT2D eigenvalue weighted by atomic mass is 9.89. The second-order valence-corrected chi connectivity index (χ2v) is 7.10. The first kappa shape index (κ1) is 20.0. The van der Waals surface area contributed by atoms with Gasteiger partial charge in [-0.3, -0.25) is 4.79 Å². The molecule has 2 aromatic rings. The van der Waals surface area contributed by atoms with Crippen molar-refractivity contribution in [3.05, 3.63) is 71.8 Å². The highest BCUT2D eigenvalue weighted by molar-refractivity contribution is 6.02. The van der Waals surface area contributed by atoms with Gasteiger partial charge in [0.25, 0.3) is 5.91 Å². The van der Waals surface area contributed by atoms with Gasteiger partial charge < -0.3 is 19.7 Å². The molecule has 1 amide bonds. The second-order valence-electron chi connectivity index (χ2n) is 7.10. The Morgan fingerprint density at radius 2 is 1.89 bits per heavy atom. The van der Waals surface area contributed by atoms with Crippen LogP contribution in [0.1, 0.15) is 36.2 Å². The van der Waals surface area contributed by atoms with E-state index in [1.165, 1.54) is 0 Å². The molecule has 1 atom stereocenters. The summed E-state index contributed by atoms with van der Waals surface area (Å²) in [6.45, 7) is 9.34. The van der Waals surface area contributed by atoms with Gasteiger partial charge in [0.15, 0.2) is 0 Å². The number of ether oxygens (including phenoxy) is 2. The van der Waals surface area contributed by atoms with Crippen molar-refractivity contribution >= 4 is 11.6 Å². The monoisotopic (exact) mass is 380 g/mol. The van der Waals surface area contributed by atoms with Crippen molar-refractivity contribution in [3.8, 4) is 5.75 Å². The number of fused-ring (bicyclic) bond motifs is 1. The fourth-order valence-electron chi connectivity index (χ4n) is 3.61. The first-order valence-electron chi connectivity index (χ1n) is 9.57. The van der Waals surface area contributed by atoms with E-state index in [1.807, 2.05) is 60.4 Å². The number of rotatable bonds is 8. The maximum atomic E-state index is 13.3. The van der Waals surface area contributed by atoms with E-state index in [1.54, 1.807) is 7.11 Å². The highest BCUT2D eigenvalue weighted by Crippen LogP contribution is 2.40. The number of amides is 1. The quantitative estimate of drug-likeness (QED) is 0.689. The number of carbonyl (C=O) groups is 1. The molecule has 1 aliphatic heterocycles. The number of carbonyl (C=O) groups excluding carboxylic acids is 1. The molecule has 148 valence electrons. The van der Waals surface area contributed by atoms with Gasteiger partial charge in [0.05, 0.1) is 12.2 Å². The van der Waals surface area contributed by atoms with E-state index in [-0.39, 0.29) is 5.91 Å². The molecular weight excluding hydrogens is 352 g/mol. The van der Waals surface area contributed by atoms with E-state index in [4.69, 9.17) is 9.47 Å². The largest absolute Gasteiger partial charge is 0.489 e. The predicted molar refractivity (Wildman–Crippen MR) is 112 cm³/mol. The third kappa shape index (κ3) is 3.76. The number of nitrogens with one attached hydrogen (secondary N) is 1. The summed E-state index contributed by atoms with van der Waals surface area (Å²) in [7, 11) is 1.65. The Morgan fingerprint density at radius 3 is 2.54 bits per heavy atom. The summed E-state index contributed by atoms with van der Waals surface area (Å²) >= 11 is 0. The third-order valence-electron chi connectivity index (χ3n) is 5.05. The van der Waals surface area contributed by atoms with Crippen molar-refractivity contribution in [2.45, 2.75) is 25.9 Å². The molecule has 0 saturated carbocycles. The van der Waals surface area contributed by atoms with Gasteiger partial charge in [-0.1, -0.05) is 37.8 Å². The minimum Gasteiger partial charge on any atom is -0.489 e. The van der Waals surface area contributed by atoms with Crippen LogP contribution in [-0.2, 0) is 10.4 Å². The average Bonchev–Trinajstić information content (AvgIpc) is 2.72. The Kier molecular flexibility index (Phi) is 6.05. The molecule has 5 nitrogen and oxygen atoms in total. The molecule has 0 aromatic heterocycles. The van der Waals surface area contributed by atoms with Gasteiger partial charge in [-0.15, -0.1) is 0 Å². The number of anilines is 1. The Balaban J connectivity index is 2.00. The zero-order valence-electron chi connectivity index (χ0n) is 16.8. The molecule has 0 radical (unpaired) electrons. The fourth-order valence-corrected chi connectivity index (χ4v) is 3.61. The van der Waals surface area contributed by atoms with E-state index in [0.717, 1.165) is 22.6 Å². The average molecular weight is 380 g/mol. The van der Waals surface area contributed by atoms with Crippen molar-refractivity contribution < 1.29 is 14.3 Å². The van der Waals surface area contributed by atoms with E-state index >= 15 is 0 Å². The summed E-state index contributed by atoms with van der Waals surface area (Å²) in [4.78, 5) is 15.2. The first-order valence-corrected chi connectivity index (χ1v) is 9.57. The van der Waals surface area contributed by atoms with Gasteiger partial charge in [-0.2, -0.15) is 0 Å². The number of hydrogen-bond acceptors (Lipinski definition) is 4. The third-order valence-corrected chi connectivity index (χ3v) is 5.05. The van der Waals surface area contributed by atoms with Crippen LogP contribution in [0.5, 0.6) is 5.75 Å². The van der Waals surface area contributed by atoms with Crippen LogP contribution in [-0.4, -0.2) is 37.7 Å². The SMILES string of the molecule is C=C(C)COc1ccc(C2(CC)Nc3ccccc3C(=O)N2CCOC)cc1. The van der Waals surface area contributed by atoms with E-state index in [9.17, 15) is 4.79 Å². The van der Waals surface area contributed by atoms with Gasteiger partial charge in [0, 0.05) is 19.3 Å². The molecule has 2 aromatic carbocycles. The van der Waals surface area contributed by atoms with E-state index < -0.39 is 5.66 Å². The van der Waals surface area contributed by atoms with E-state index in [0.29, 0.717) is 31.7 Å². The van der Waals surface area contributed by atoms with Crippen molar-refractivity contribution in [3.63, 3.8) is 0 Å². The highest BCUT2D eigenvalue weighted by Gasteiger charge is 2.44. The van der Waals surface area contributed by atoms with Gasteiger partial charge in [0.2, 0.25) is 0 Å². The summed E-state index contributed by atoms with van der Waals surface area (Å²) in [5.41, 5.74) is 2.87. The summed E-state index contributed by atoms with van der Waals surface area (Å²) in [5.74, 6) is 0.792. The van der Waals surface area contributed by atoms with Crippen LogP contribution in [0, 0.1) is 0 Å². The molecular formula is C23H28N2O3. The summed E-state index contributed by atoms with van der Waals surface area (Å²) in [6.07, 6.45) is 0.711. The molecule has 1 aliphatic rings. The lowest BCUT2D eigenvalue weighted by Crippen LogP contribution is -2.58. The minimum atomic E-state index is -0.642.